The van der Waals surface area contributed by atoms with Crippen LogP contribution in [0.5, 0.6) is 0 Å². The van der Waals surface area contributed by atoms with Gasteiger partial charge in [0.1, 0.15) is 6.04 Å². The highest BCUT2D eigenvalue weighted by Gasteiger charge is 2.37. The molecule has 6 heteroatoms. The van der Waals surface area contributed by atoms with Crippen LogP contribution in [0.4, 0.5) is 0 Å². The standard InChI is InChI=1S/C21H19ClN2O3/c22-15-8-9-17-16(11-15)18(13-5-2-1-3-6-13)19(20(25)23-17)24-10-4-7-14(12-24)21(26)27/h1-3,5-6,8-9,11,14,19H,4,7,10,12H2,(H,26,27). The minimum absolute atomic E-state index is 0.255. The summed E-state index contributed by atoms with van der Waals surface area (Å²) in [5.41, 5.74) is 1.77. The van der Waals surface area contributed by atoms with Gasteiger partial charge in [-0.2, -0.15) is 0 Å². The lowest BCUT2D eigenvalue weighted by Gasteiger charge is -2.37. The Hall–Kier alpha value is -2.50. The van der Waals surface area contributed by atoms with E-state index in [0.717, 1.165) is 22.8 Å². The second-order valence-corrected chi connectivity index (χ2v) is 7.40. The molecule has 2 aliphatic rings. The zero-order valence-corrected chi connectivity index (χ0v) is 15.4. The highest BCUT2D eigenvalue weighted by Crippen LogP contribution is 2.27. The number of hydrogen-bond donors (Lipinski definition) is 1. The van der Waals surface area contributed by atoms with E-state index in [4.69, 9.17) is 11.6 Å². The number of carbonyl (C=O) groups is 2. The smallest absolute Gasteiger partial charge is 0.307 e. The van der Waals surface area contributed by atoms with Crippen LogP contribution in [0.3, 0.4) is 0 Å². The van der Waals surface area contributed by atoms with E-state index in [0.29, 0.717) is 29.9 Å². The summed E-state index contributed by atoms with van der Waals surface area (Å²) < 4.78 is 0. The van der Waals surface area contributed by atoms with Gasteiger partial charge in [-0.3, -0.25) is 14.5 Å². The quantitative estimate of drug-likeness (QED) is 0.879. The summed E-state index contributed by atoms with van der Waals surface area (Å²) in [5, 5.41) is 11.4. The average molecular weight is 383 g/mol. The van der Waals surface area contributed by atoms with Gasteiger partial charge in [0.2, 0.25) is 0 Å². The number of carboxylic acids is 1. The number of nitrogens with zero attached hydrogens (tertiary/aromatic N) is 2. The van der Waals surface area contributed by atoms with Crippen molar-refractivity contribution in [1.29, 1.82) is 0 Å². The van der Waals surface area contributed by atoms with Crippen LogP contribution in [-0.4, -0.2) is 41.0 Å². The topological polar surface area (TPSA) is 70.0 Å². The Morgan fingerprint density at radius 2 is 1.96 bits per heavy atom. The van der Waals surface area contributed by atoms with E-state index in [1.165, 1.54) is 0 Å². The Balaban J connectivity index is 1.90. The second kappa shape index (κ2) is 7.25. The molecule has 2 aromatic carbocycles. The predicted octanol–water partition coefficient (Wildman–Crippen LogP) is 1.86. The fourth-order valence-electron chi connectivity index (χ4n) is 3.98. The van der Waals surface area contributed by atoms with E-state index in [-0.39, 0.29) is 5.91 Å². The van der Waals surface area contributed by atoms with Crippen molar-refractivity contribution in [2.45, 2.75) is 18.9 Å². The first-order chi connectivity index (χ1) is 13.0. The van der Waals surface area contributed by atoms with Gasteiger partial charge in [0.25, 0.3) is 5.91 Å². The van der Waals surface area contributed by atoms with Crippen LogP contribution in [0.15, 0.2) is 53.5 Å². The lowest BCUT2D eigenvalue weighted by atomic mass is 9.89. The number of halogens is 1. The highest BCUT2D eigenvalue weighted by atomic mass is 35.5. The van der Waals surface area contributed by atoms with Crippen LogP contribution in [0.2, 0.25) is 5.02 Å². The average Bonchev–Trinajstić information content (AvgIpc) is 2.68. The van der Waals surface area contributed by atoms with Crippen LogP contribution in [0, 0.1) is 5.92 Å². The first kappa shape index (κ1) is 17.9. The molecular weight excluding hydrogens is 364 g/mol. The lowest BCUT2D eigenvalue weighted by molar-refractivity contribution is -0.144. The molecule has 0 radical (unpaired) electrons. The van der Waals surface area contributed by atoms with Gasteiger partial charge in [0, 0.05) is 16.8 Å². The third-order valence-corrected chi connectivity index (χ3v) is 5.47. The summed E-state index contributed by atoms with van der Waals surface area (Å²) in [4.78, 5) is 30.7. The molecule has 0 saturated carbocycles. The number of aliphatic carboxylic acids is 1. The molecule has 0 aromatic heterocycles. The summed E-state index contributed by atoms with van der Waals surface area (Å²) in [6.07, 6.45) is 1.37. The second-order valence-electron chi connectivity index (χ2n) is 6.97. The molecule has 2 atom stereocenters. The Morgan fingerprint density at radius 1 is 1.19 bits per heavy atom. The highest BCUT2D eigenvalue weighted by molar-refractivity contribution is 6.30. The molecular formula is C21H19ClN2O3. The Bertz CT molecular complexity index is 1020. The van der Waals surface area contributed by atoms with Crippen molar-refractivity contribution in [3.63, 3.8) is 0 Å². The van der Waals surface area contributed by atoms with E-state index in [2.05, 4.69) is 4.99 Å². The lowest BCUT2D eigenvalue weighted by Crippen LogP contribution is -2.53. The maximum absolute atomic E-state index is 13.0. The molecule has 1 fully saturated rings. The maximum Gasteiger partial charge on any atom is 0.307 e. The van der Waals surface area contributed by atoms with Crippen LogP contribution >= 0.6 is 11.6 Å². The number of fused-ring (bicyclic) bond motifs is 1. The van der Waals surface area contributed by atoms with Crippen molar-refractivity contribution in [1.82, 2.24) is 4.90 Å². The SMILES string of the molecule is O=C(O)C1CCCN(C2C(=O)N=c3ccc(Cl)cc3=C2c2ccccc2)C1. The van der Waals surface area contributed by atoms with Gasteiger partial charge < -0.3 is 5.11 Å². The number of carboxylic acid groups (broad SMARTS) is 1. The molecule has 1 amide bonds. The monoisotopic (exact) mass is 382 g/mol. The molecule has 2 heterocycles. The summed E-state index contributed by atoms with van der Waals surface area (Å²) in [7, 11) is 0. The minimum Gasteiger partial charge on any atom is -0.481 e. The zero-order valence-electron chi connectivity index (χ0n) is 14.6. The number of amides is 1. The van der Waals surface area contributed by atoms with Gasteiger partial charge in [-0.05, 0) is 48.7 Å². The Kier molecular flexibility index (Phi) is 4.81. The van der Waals surface area contributed by atoms with Gasteiger partial charge in [-0.1, -0.05) is 41.9 Å². The fourth-order valence-corrected chi connectivity index (χ4v) is 4.16. The summed E-state index contributed by atoms with van der Waals surface area (Å²) in [6, 6.07) is 14.4. The van der Waals surface area contributed by atoms with E-state index in [1.807, 2.05) is 41.3 Å². The fraction of sp³-hybridized carbons (Fsp3) is 0.286. The van der Waals surface area contributed by atoms with Crippen LogP contribution in [-0.2, 0) is 9.59 Å². The number of hydrogen-bond acceptors (Lipinski definition) is 3. The van der Waals surface area contributed by atoms with Crippen LogP contribution in [0.1, 0.15) is 18.4 Å². The maximum atomic E-state index is 13.0. The third kappa shape index (κ3) is 3.40. The van der Waals surface area contributed by atoms with Crippen LogP contribution in [0.25, 0.3) is 5.57 Å². The molecule has 2 aliphatic heterocycles. The Morgan fingerprint density at radius 3 is 2.70 bits per heavy atom. The van der Waals surface area contributed by atoms with Crippen molar-refractivity contribution in [2.75, 3.05) is 13.1 Å². The molecule has 0 spiro atoms. The van der Waals surface area contributed by atoms with Crippen molar-refractivity contribution < 1.29 is 14.7 Å². The summed E-state index contributed by atoms with van der Waals surface area (Å²) >= 11 is 6.23. The molecule has 2 aromatic rings. The number of likely N-dealkylation sites (tertiary alicyclic amines) is 1. The molecule has 4 rings (SSSR count). The van der Waals surface area contributed by atoms with Gasteiger partial charge in [-0.25, -0.2) is 4.99 Å². The van der Waals surface area contributed by atoms with Crippen molar-refractivity contribution in [3.8, 4) is 0 Å². The molecule has 2 unspecified atom stereocenters. The number of benzene rings is 2. The molecule has 5 nitrogen and oxygen atoms in total. The van der Waals surface area contributed by atoms with Gasteiger partial charge in [0.05, 0.1) is 11.3 Å². The van der Waals surface area contributed by atoms with Gasteiger partial charge in [0.15, 0.2) is 0 Å². The normalized spacial score (nSPS) is 22.9. The van der Waals surface area contributed by atoms with Gasteiger partial charge >= 0.3 is 5.97 Å². The Labute approximate surface area is 161 Å². The van der Waals surface area contributed by atoms with Crippen molar-refractivity contribution in [2.24, 2.45) is 10.9 Å². The van der Waals surface area contributed by atoms with Crippen molar-refractivity contribution >= 4 is 29.1 Å². The summed E-state index contributed by atoms with van der Waals surface area (Å²) in [6.45, 7) is 1.01. The molecule has 138 valence electrons. The molecule has 1 N–H and O–H groups in total. The molecule has 0 aliphatic carbocycles. The molecule has 0 bridgehead atoms. The minimum atomic E-state index is -0.815. The van der Waals surface area contributed by atoms with E-state index >= 15 is 0 Å². The van der Waals surface area contributed by atoms with Gasteiger partial charge in [-0.15, -0.1) is 0 Å². The largest absolute Gasteiger partial charge is 0.481 e. The van der Waals surface area contributed by atoms with E-state index < -0.39 is 17.9 Å². The number of rotatable bonds is 3. The zero-order chi connectivity index (χ0) is 19.0. The molecule has 27 heavy (non-hydrogen) atoms. The predicted molar refractivity (Wildman–Crippen MR) is 102 cm³/mol. The first-order valence-corrected chi connectivity index (χ1v) is 9.37. The van der Waals surface area contributed by atoms with Crippen molar-refractivity contribution in [3.05, 3.63) is 69.7 Å². The summed E-state index contributed by atoms with van der Waals surface area (Å²) in [5.74, 6) is -1.54. The number of carbonyl (C=O) groups excluding carboxylic acids is 1. The number of piperidine rings is 1. The van der Waals surface area contributed by atoms with E-state index in [1.54, 1.807) is 12.1 Å². The van der Waals surface area contributed by atoms with Crippen LogP contribution < -0.4 is 10.6 Å². The molecule has 1 saturated heterocycles. The third-order valence-electron chi connectivity index (χ3n) is 5.24. The van der Waals surface area contributed by atoms with E-state index in [9.17, 15) is 14.7 Å². The first-order valence-electron chi connectivity index (χ1n) is 8.99.